The van der Waals surface area contributed by atoms with Crippen molar-refractivity contribution < 1.29 is 19.5 Å². The number of nitrogens with zero attached hydrogens (tertiary/aromatic N) is 4. The summed E-state index contributed by atoms with van der Waals surface area (Å²) in [6.07, 6.45) is 1.68. The molecule has 1 aliphatic rings. The third-order valence-electron chi connectivity index (χ3n) is 3.17. The maximum Gasteiger partial charge on any atom is 0.281 e. The molecule has 0 fully saturated rings. The normalized spacial score (nSPS) is 14.3. The van der Waals surface area contributed by atoms with Crippen molar-refractivity contribution in [2.24, 2.45) is 5.16 Å². The van der Waals surface area contributed by atoms with E-state index in [1.807, 2.05) is 0 Å². The Morgan fingerprint density at radius 3 is 3.00 bits per heavy atom. The first-order chi connectivity index (χ1) is 10.9. The van der Waals surface area contributed by atoms with Gasteiger partial charge in [0, 0.05) is 20.1 Å². The van der Waals surface area contributed by atoms with Crippen LogP contribution in [0.15, 0.2) is 28.6 Å². The molecule has 1 aliphatic heterocycles. The van der Waals surface area contributed by atoms with Crippen LogP contribution in [0.25, 0.3) is 0 Å². The molecule has 0 saturated heterocycles. The van der Waals surface area contributed by atoms with Gasteiger partial charge in [-0.1, -0.05) is 11.7 Å². The third-order valence-corrected chi connectivity index (χ3v) is 3.17. The van der Waals surface area contributed by atoms with Gasteiger partial charge < -0.3 is 19.6 Å². The number of hydrogen-bond acceptors (Lipinski definition) is 7. The number of amides is 1. The predicted molar refractivity (Wildman–Crippen MR) is 82.4 cm³/mol. The van der Waals surface area contributed by atoms with E-state index in [0.29, 0.717) is 12.1 Å². The molecule has 1 aromatic rings. The third kappa shape index (κ3) is 3.75. The number of carbonyl (C=O) groups excluding carboxylic acids is 1. The lowest BCUT2D eigenvalue weighted by Crippen LogP contribution is -2.41. The minimum absolute atomic E-state index is 0.0249. The van der Waals surface area contributed by atoms with E-state index < -0.39 is 5.56 Å². The van der Waals surface area contributed by atoms with Crippen molar-refractivity contribution in [3.05, 3.63) is 29.0 Å². The second-order valence-electron chi connectivity index (χ2n) is 5.00. The van der Waals surface area contributed by atoms with E-state index in [-0.39, 0.29) is 43.0 Å². The molecular formula is C14H18N4O5. The number of allylic oxidation sites excluding steroid dienone is 1. The van der Waals surface area contributed by atoms with Gasteiger partial charge in [0.2, 0.25) is 5.88 Å². The number of hydrogen-bond donors (Lipinski definition) is 1. The highest BCUT2D eigenvalue weighted by Gasteiger charge is 2.27. The molecule has 2 rings (SSSR count). The van der Waals surface area contributed by atoms with Crippen LogP contribution in [0.3, 0.4) is 0 Å². The van der Waals surface area contributed by atoms with Gasteiger partial charge in [0.15, 0.2) is 12.3 Å². The fourth-order valence-electron chi connectivity index (χ4n) is 1.89. The van der Waals surface area contributed by atoms with E-state index >= 15 is 0 Å². The lowest BCUT2D eigenvalue weighted by atomic mass is 10.3. The smallest absolute Gasteiger partial charge is 0.281 e. The molecular weight excluding hydrogens is 304 g/mol. The Bertz CT molecular complexity index is 710. The fraction of sp³-hybridized carbons (Fsp3) is 0.429. The maximum absolute atomic E-state index is 12.4. The number of likely N-dealkylation sites (N-methyl/N-ethyl adjacent to an activating group) is 1. The van der Waals surface area contributed by atoms with Gasteiger partial charge in [0.25, 0.3) is 11.5 Å². The Hall–Kier alpha value is -2.68. The highest BCUT2D eigenvalue weighted by molar-refractivity contribution is 5.96. The highest BCUT2D eigenvalue weighted by atomic mass is 16.6. The number of carbonyl (C=O) groups is 1. The SMILES string of the molecule is C=C(Cn1cnc2c(c1=O)N(C)C(=O)CO2)O/N=C(\C)CCO. The summed E-state index contributed by atoms with van der Waals surface area (Å²) in [5.74, 6) is 0.0157. The molecule has 0 aliphatic carbocycles. The number of fused-ring (bicyclic) bond motifs is 1. The van der Waals surface area contributed by atoms with Crippen molar-refractivity contribution in [1.82, 2.24) is 9.55 Å². The number of anilines is 1. The summed E-state index contributed by atoms with van der Waals surface area (Å²) in [5.41, 5.74) is 0.242. The topological polar surface area (TPSA) is 106 Å². The number of aromatic nitrogens is 2. The van der Waals surface area contributed by atoms with E-state index in [4.69, 9.17) is 14.7 Å². The van der Waals surface area contributed by atoms with E-state index in [2.05, 4.69) is 16.7 Å². The summed E-state index contributed by atoms with van der Waals surface area (Å²) in [6.45, 7) is 5.23. The maximum atomic E-state index is 12.4. The van der Waals surface area contributed by atoms with Crippen molar-refractivity contribution in [2.75, 3.05) is 25.2 Å². The quantitative estimate of drug-likeness (QED) is 0.445. The fourth-order valence-corrected chi connectivity index (χ4v) is 1.89. The molecule has 0 spiro atoms. The van der Waals surface area contributed by atoms with Gasteiger partial charge in [-0.2, -0.15) is 0 Å². The molecule has 23 heavy (non-hydrogen) atoms. The molecule has 0 atom stereocenters. The summed E-state index contributed by atoms with van der Waals surface area (Å²) in [6, 6.07) is 0. The largest absolute Gasteiger partial charge is 0.466 e. The van der Waals surface area contributed by atoms with Crippen LogP contribution in [0.1, 0.15) is 13.3 Å². The molecule has 1 aromatic heterocycles. The molecule has 0 aromatic carbocycles. The van der Waals surface area contributed by atoms with Crippen LogP contribution in [0.4, 0.5) is 5.69 Å². The molecule has 1 amide bonds. The first-order valence-corrected chi connectivity index (χ1v) is 6.92. The first-order valence-electron chi connectivity index (χ1n) is 6.92. The van der Waals surface area contributed by atoms with Crippen LogP contribution in [0, 0.1) is 0 Å². The number of aliphatic hydroxyl groups excluding tert-OH is 1. The molecule has 0 radical (unpaired) electrons. The van der Waals surface area contributed by atoms with Gasteiger partial charge in [-0.15, -0.1) is 0 Å². The van der Waals surface area contributed by atoms with Crippen LogP contribution in [-0.4, -0.2) is 46.5 Å². The van der Waals surface area contributed by atoms with Crippen molar-refractivity contribution in [3.8, 4) is 5.88 Å². The van der Waals surface area contributed by atoms with Crippen molar-refractivity contribution in [2.45, 2.75) is 19.9 Å². The van der Waals surface area contributed by atoms with Crippen LogP contribution in [0.5, 0.6) is 5.88 Å². The highest BCUT2D eigenvalue weighted by Crippen LogP contribution is 2.24. The molecule has 2 heterocycles. The zero-order valence-corrected chi connectivity index (χ0v) is 13.0. The van der Waals surface area contributed by atoms with E-state index in [9.17, 15) is 9.59 Å². The van der Waals surface area contributed by atoms with E-state index in [0.717, 1.165) is 0 Å². The van der Waals surface area contributed by atoms with Crippen LogP contribution < -0.4 is 15.2 Å². The summed E-state index contributed by atoms with van der Waals surface area (Å²) in [7, 11) is 1.49. The Kier molecular flexibility index (Phi) is 5.12. The van der Waals surface area contributed by atoms with E-state index in [1.165, 1.54) is 22.8 Å². The lowest BCUT2D eigenvalue weighted by Gasteiger charge is -2.24. The second-order valence-corrected chi connectivity index (χ2v) is 5.00. The van der Waals surface area contributed by atoms with E-state index in [1.54, 1.807) is 6.92 Å². The van der Waals surface area contributed by atoms with Gasteiger partial charge in [-0.25, -0.2) is 4.98 Å². The number of oxime groups is 1. The zero-order chi connectivity index (χ0) is 17.0. The Morgan fingerprint density at radius 2 is 2.30 bits per heavy atom. The molecule has 124 valence electrons. The van der Waals surface area contributed by atoms with Crippen LogP contribution in [0.2, 0.25) is 0 Å². The molecule has 0 bridgehead atoms. The molecule has 9 heteroatoms. The summed E-state index contributed by atoms with van der Waals surface area (Å²) in [4.78, 5) is 34.4. The van der Waals surface area contributed by atoms with Crippen LogP contribution in [-0.2, 0) is 16.2 Å². The van der Waals surface area contributed by atoms with Gasteiger partial charge in [-0.3, -0.25) is 14.2 Å². The standard InChI is InChI=1S/C14H18N4O5/c1-9(4-5-19)16-23-10(2)6-18-8-15-13-12(14(18)21)17(3)11(20)7-22-13/h8,19H,2,4-7H2,1,3H3/b16-9+. The molecule has 0 unspecified atom stereocenters. The molecule has 0 saturated carbocycles. The van der Waals surface area contributed by atoms with Gasteiger partial charge in [0.05, 0.1) is 12.3 Å². The predicted octanol–water partition coefficient (Wildman–Crippen LogP) is -0.113. The molecule has 1 N–H and O–H groups in total. The average molecular weight is 322 g/mol. The first kappa shape index (κ1) is 16.7. The second kappa shape index (κ2) is 7.05. The number of aliphatic hydroxyl groups is 1. The lowest BCUT2D eigenvalue weighted by molar-refractivity contribution is -0.121. The molecule has 9 nitrogen and oxygen atoms in total. The van der Waals surface area contributed by atoms with Crippen molar-refractivity contribution in [3.63, 3.8) is 0 Å². The van der Waals surface area contributed by atoms with Crippen molar-refractivity contribution >= 4 is 17.3 Å². The Balaban J connectivity index is 2.16. The number of rotatable bonds is 6. The monoisotopic (exact) mass is 322 g/mol. The summed E-state index contributed by atoms with van der Waals surface area (Å²) >= 11 is 0. The zero-order valence-electron chi connectivity index (χ0n) is 13.0. The minimum Gasteiger partial charge on any atom is -0.466 e. The summed E-state index contributed by atoms with van der Waals surface area (Å²) in [5, 5.41) is 12.6. The minimum atomic E-state index is -0.439. The van der Waals surface area contributed by atoms with Gasteiger partial charge in [0.1, 0.15) is 12.1 Å². The summed E-state index contributed by atoms with van der Waals surface area (Å²) < 4.78 is 6.38. The van der Waals surface area contributed by atoms with Crippen molar-refractivity contribution in [1.29, 1.82) is 0 Å². The van der Waals surface area contributed by atoms with Gasteiger partial charge in [-0.05, 0) is 6.92 Å². The number of ether oxygens (including phenoxy) is 1. The average Bonchev–Trinajstić information content (AvgIpc) is 2.52. The Labute approximate surface area is 132 Å². The van der Waals surface area contributed by atoms with Crippen LogP contribution >= 0.6 is 0 Å². The van der Waals surface area contributed by atoms with Gasteiger partial charge >= 0.3 is 0 Å². The Morgan fingerprint density at radius 1 is 1.57 bits per heavy atom.